The molecule has 19 heavy (non-hydrogen) atoms. The number of aryl methyl sites for hydroxylation is 1. The highest BCUT2D eigenvalue weighted by Gasteiger charge is 2.67. The number of aromatic nitrogens is 2. The molecule has 1 amide bonds. The highest BCUT2D eigenvalue weighted by molar-refractivity contribution is 5.82. The van der Waals surface area contributed by atoms with Crippen LogP contribution in [0, 0.1) is 36.5 Å². The molecule has 3 fully saturated rings. The Morgan fingerprint density at radius 3 is 2.74 bits per heavy atom. The van der Waals surface area contributed by atoms with E-state index in [9.17, 15) is 4.79 Å². The molecule has 0 radical (unpaired) electrons. The Bertz CT molecular complexity index is 497. The van der Waals surface area contributed by atoms with Gasteiger partial charge in [0.25, 0.3) is 0 Å². The average Bonchev–Trinajstić information content (AvgIpc) is 2.74. The SMILES string of the molecule is Cc1noc(CCNC(=O)C2C3C4CCC(C4)C23)n1. The molecule has 3 aliphatic rings. The van der Waals surface area contributed by atoms with Gasteiger partial charge in [-0.2, -0.15) is 4.98 Å². The minimum absolute atomic E-state index is 0.253. The van der Waals surface area contributed by atoms with Gasteiger partial charge in [-0.15, -0.1) is 0 Å². The molecule has 3 aliphatic carbocycles. The summed E-state index contributed by atoms with van der Waals surface area (Å²) in [5.74, 6) is 4.95. The van der Waals surface area contributed by atoms with Gasteiger partial charge in [-0.05, 0) is 49.9 Å². The third kappa shape index (κ3) is 1.78. The van der Waals surface area contributed by atoms with E-state index in [0.29, 0.717) is 42.4 Å². The van der Waals surface area contributed by atoms with E-state index >= 15 is 0 Å². The lowest BCUT2D eigenvalue weighted by Crippen LogP contribution is -2.29. The Morgan fingerprint density at radius 1 is 1.37 bits per heavy atom. The van der Waals surface area contributed by atoms with Gasteiger partial charge >= 0.3 is 0 Å². The molecule has 3 saturated carbocycles. The second-order valence-electron chi connectivity index (χ2n) is 6.29. The van der Waals surface area contributed by atoms with Gasteiger partial charge in [0.15, 0.2) is 5.82 Å². The molecule has 0 aromatic carbocycles. The Hall–Kier alpha value is -1.39. The van der Waals surface area contributed by atoms with Crippen LogP contribution in [-0.4, -0.2) is 22.6 Å². The number of hydrogen-bond donors (Lipinski definition) is 1. The zero-order chi connectivity index (χ0) is 13.0. The summed E-state index contributed by atoms with van der Waals surface area (Å²) >= 11 is 0. The van der Waals surface area contributed by atoms with Crippen LogP contribution in [0.5, 0.6) is 0 Å². The molecule has 0 spiro atoms. The topological polar surface area (TPSA) is 68.0 Å². The van der Waals surface area contributed by atoms with Crippen molar-refractivity contribution in [1.82, 2.24) is 15.5 Å². The Labute approximate surface area is 112 Å². The zero-order valence-corrected chi connectivity index (χ0v) is 11.1. The second-order valence-corrected chi connectivity index (χ2v) is 6.29. The first kappa shape index (κ1) is 11.4. The quantitative estimate of drug-likeness (QED) is 0.887. The molecule has 102 valence electrons. The fraction of sp³-hybridized carbons (Fsp3) is 0.786. The van der Waals surface area contributed by atoms with Gasteiger partial charge in [0, 0.05) is 18.9 Å². The minimum atomic E-state index is 0.253. The molecule has 0 saturated heterocycles. The van der Waals surface area contributed by atoms with Crippen LogP contribution in [0.25, 0.3) is 0 Å². The Kier molecular flexibility index (Phi) is 2.44. The monoisotopic (exact) mass is 261 g/mol. The highest BCUT2D eigenvalue weighted by Crippen LogP contribution is 2.69. The second kappa shape index (κ2) is 4.05. The first-order valence-electron chi connectivity index (χ1n) is 7.31. The van der Waals surface area contributed by atoms with E-state index in [-0.39, 0.29) is 5.91 Å². The van der Waals surface area contributed by atoms with Crippen LogP contribution in [0.4, 0.5) is 0 Å². The highest BCUT2D eigenvalue weighted by atomic mass is 16.5. The number of fused-ring (bicyclic) bond motifs is 5. The van der Waals surface area contributed by atoms with Crippen molar-refractivity contribution in [2.75, 3.05) is 6.54 Å². The summed E-state index contributed by atoms with van der Waals surface area (Å²) in [6.07, 6.45) is 4.73. The maximum atomic E-state index is 12.2. The van der Waals surface area contributed by atoms with Crippen molar-refractivity contribution in [2.24, 2.45) is 29.6 Å². The van der Waals surface area contributed by atoms with Gasteiger partial charge in [-0.3, -0.25) is 4.79 Å². The summed E-state index contributed by atoms with van der Waals surface area (Å²) < 4.78 is 5.03. The van der Waals surface area contributed by atoms with E-state index in [1.165, 1.54) is 19.3 Å². The molecule has 5 heteroatoms. The van der Waals surface area contributed by atoms with Gasteiger partial charge in [0.05, 0.1) is 0 Å². The van der Waals surface area contributed by atoms with E-state index in [1.807, 2.05) is 0 Å². The van der Waals surface area contributed by atoms with E-state index in [1.54, 1.807) is 6.92 Å². The Morgan fingerprint density at radius 2 is 2.11 bits per heavy atom. The van der Waals surface area contributed by atoms with Crippen LogP contribution in [-0.2, 0) is 11.2 Å². The first-order chi connectivity index (χ1) is 9.24. The normalized spacial score (nSPS) is 38.3. The molecule has 5 nitrogen and oxygen atoms in total. The molecule has 0 aliphatic heterocycles. The summed E-state index contributed by atoms with van der Waals surface area (Å²) in [4.78, 5) is 16.3. The fourth-order valence-electron chi connectivity index (χ4n) is 4.53. The maximum absolute atomic E-state index is 12.2. The van der Waals surface area contributed by atoms with Gasteiger partial charge in [0.1, 0.15) is 0 Å². The number of nitrogens with one attached hydrogen (secondary N) is 1. The van der Waals surface area contributed by atoms with E-state index < -0.39 is 0 Å². The van der Waals surface area contributed by atoms with Crippen molar-refractivity contribution < 1.29 is 9.32 Å². The van der Waals surface area contributed by atoms with Crippen LogP contribution in [0.3, 0.4) is 0 Å². The zero-order valence-electron chi connectivity index (χ0n) is 11.1. The van der Waals surface area contributed by atoms with Gasteiger partial charge in [-0.25, -0.2) is 0 Å². The number of carbonyl (C=O) groups is 1. The summed E-state index contributed by atoms with van der Waals surface area (Å²) in [6, 6.07) is 0. The van der Waals surface area contributed by atoms with Crippen LogP contribution < -0.4 is 5.32 Å². The van der Waals surface area contributed by atoms with Crippen LogP contribution in [0.2, 0.25) is 0 Å². The largest absolute Gasteiger partial charge is 0.355 e. The first-order valence-corrected chi connectivity index (χ1v) is 7.31. The van der Waals surface area contributed by atoms with E-state index in [0.717, 1.165) is 11.8 Å². The van der Waals surface area contributed by atoms with Crippen molar-refractivity contribution in [3.63, 3.8) is 0 Å². The molecule has 1 aromatic rings. The Balaban J connectivity index is 1.27. The van der Waals surface area contributed by atoms with Crippen molar-refractivity contribution in [2.45, 2.75) is 32.6 Å². The van der Waals surface area contributed by atoms with Crippen molar-refractivity contribution in [3.8, 4) is 0 Å². The van der Waals surface area contributed by atoms with Crippen molar-refractivity contribution in [3.05, 3.63) is 11.7 Å². The molecule has 1 aromatic heterocycles. The number of carbonyl (C=O) groups excluding carboxylic acids is 1. The summed E-state index contributed by atoms with van der Waals surface area (Å²) in [5, 5.41) is 6.77. The number of hydrogen-bond acceptors (Lipinski definition) is 4. The lowest BCUT2D eigenvalue weighted by molar-refractivity contribution is -0.123. The molecule has 4 rings (SSSR count). The number of amides is 1. The van der Waals surface area contributed by atoms with E-state index in [2.05, 4.69) is 15.5 Å². The predicted octanol–water partition coefficient (Wildman–Crippen LogP) is 1.33. The van der Waals surface area contributed by atoms with Gasteiger partial charge in [-0.1, -0.05) is 5.16 Å². The average molecular weight is 261 g/mol. The third-order valence-corrected chi connectivity index (χ3v) is 5.25. The fourth-order valence-corrected chi connectivity index (χ4v) is 4.53. The van der Waals surface area contributed by atoms with Gasteiger partial charge in [0.2, 0.25) is 11.8 Å². The molecule has 4 atom stereocenters. The summed E-state index contributed by atoms with van der Waals surface area (Å²) in [6.45, 7) is 2.40. The van der Waals surface area contributed by atoms with Crippen molar-refractivity contribution in [1.29, 1.82) is 0 Å². The van der Waals surface area contributed by atoms with Crippen molar-refractivity contribution >= 4 is 5.91 Å². The van der Waals surface area contributed by atoms with E-state index in [4.69, 9.17) is 4.52 Å². The third-order valence-electron chi connectivity index (χ3n) is 5.25. The molecule has 4 unspecified atom stereocenters. The minimum Gasteiger partial charge on any atom is -0.355 e. The molecule has 1 heterocycles. The number of rotatable bonds is 4. The van der Waals surface area contributed by atoms with Crippen LogP contribution in [0.15, 0.2) is 4.52 Å². The number of nitrogens with zero attached hydrogens (tertiary/aromatic N) is 2. The van der Waals surface area contributed by atoms with Crippen LogP contribution in [0.1, 0.15) is 31.0 Å². The summed E-state index contributed by atoms with van der Waals surface area (Å²) in [7, 11) is 0. The molecular formula is C14H19N3O2. The predicted molar refractivity (Wildman–Crippen MR) is 67.0 cm³/mol. The standard InChI is InChI=1S/C14H19N3O2/c1-7-16-10(19-17-7)4-5-15-14(18)13-11-8-2-3-9(6-8)12(11)13/h8-9,11-13H,2-6H2,1H3,(H,15,18). The molecule has 1 N–H and O–H groups in total. The maximum Gasteiger partial charge on any atom is 0.228 e. The lowest BCUT2D eigenvalue weighted by Gasteiger charge is -2.08. The van der Waals surface area contributed by atoms with Gasteiger partial charge < -0.3 is 9.84 Å². The molecule has 2 bridgehead atoms. The van der Waals surface area contributed by atoms with Crippen LogP contribution >= 0.6 is 0 Å². The summed E-state index contributed by atoms with van der Waals surface area (Å²) in [5.41, 5.74) is 0. The smallest absolute Gasteiger partial charge is 0.228 e. The lowest BCUT2D eigenvalue weighted by atomic mass is 10.0. The molecular weight excluding hydrogens is 242 g/mol.